The van der Waals surface area contributed by atoms with Gasteiger partial charge >= 0.3 is 6.18 Å². The first kappa shape index (κ1) is 12.2. The molecule has 0 radical (unpaired) electrons. The topological polar surface area (TPSA) is 35.2 Å². The molecule has 1 fully saturated rings. The Morgan fingerprint density at radius 2 is 2.00 bits per heavy atom. The molecule has 2 N–H and O–H groups in total. The van der Waals surface area contributed by atoms with E-state index >= 15 is 0 Å². The van der Waals surface area contributed by atoms with Crippen molar-refractivity contribution in [2.75, 3.05) is 7.11 Å². The van der Waals surface area contributed by atoms with Gasteiger partial charge in [-0.3, -0.25) is 0 Å². The Kier molecular flexibility index (Phi) is 2.81. The number of benzene rings is 1. The highest BCUT2D eigenvalue weighted by Gasteiger charge is 2.39. The normalized spacial score (nSPS) is 17.9. The van der Waals surface area contributed by atoms with Gasteiger partial charge < -0.3 is 10.5 Å². The maximum Gasteiger partial charge on any atom is 0.419 e. The molecular formula is C12H14F3NO. The van der Waals surface area contributed by atoms with Crippen LogP contribution in [0.2, 0.25) is 0 Å². The number of halogens is 3. The van der Waals surface area contributed by atoms with E-state index in [2.05, 4.69) is 0 Å². The van der Waals surface area contributed by atoms with Crippen LogP contribution in [-0.2, 0) is 12.6 Å². The summed E-state index contributed by atoms with van der Waals surface area (Å²) in [6.45, 7) is 0. The molecule has 0 heterocycles. The van der Waals surface area contributed by atoms with Gasteiger partial charge in [-0.05, 0) is 37.0 Å². The Morgan fingerprint density at radius 1 is 1.35 bits per heavy atom. The molecule has 5 heteroatoms. The number of ether oxygens (including phenoxy) is 1. The van der Waals surface area contributed by atoms with Gasteiger partial charge in [-0.1, -0.05) is 6.07 Å². The first-order valence-corrected chi connectivity index (χ1v) is 5.37. The van der Waals surface area contributed by atoms with Gasteiger partial charge in [0.15, 0.2) is 0 Å². The van der Waals surface area contributed by atoms with Gasteiger partial charge in [-0.2, -0.15) is 13.2 Å². The molecule has 0 bridgehead atoms. The first-order chi connectivity index (χ1) is 7.84. The number of hydrogen-bond donors (Lipinski definition) is 1. The van der Waals surface area contributed by atoms with Crippen LogP contribution in [0.5, 0.6) is 5.75 Å². The van der Waals surface area contributed by atoms with Gasteiger partial charge in [0.1, 0.15) is 5.75 Å². The van der Waals surface area contributed by atoms with Crippen molar-refractivity contribution in [3.05, 3.63) is 29.3 Å². The summed E-state index contributed by atoms with van der Waals surface area (Å²) in [5.74, 6) is -0.140. The molecule has 2 nitrogen and oxygen atoms in total. The van der Waals surface area contributed by atoms with E-state index in [1.165, 1.54) is 19.2 Å². The standard InChI is InChI=1S/C12H14F3NO/c1-17-10-6-8(7-11(16)4-5-11)2-3-9(10)12(13,14)15/h2-3,6H,4-5,7,16H2,1H3. The second-order valence-corrected chi connectivity index (χ2v) is 4.57. The number of methoxy groups -OCH3 is 1. The fourth-order valence-electron chi connectivity index (χ4n) is 1.82. The maximum atomic E-state index is 12.6. The SMILES string of the molecule is COc1cc(CC2(N)CC2)ccc1C(F)(F)F. The highest BCUT2D eigenvalue weighted by Crippen LogP contribution is 2.39. The Balaban J connectivity index is 2.27. The summed E-state index contributed by atoms with van der Waals surface area (Å²) in [6, 6.07) is 3.95. The van der Waals surface area contributed by atoms with Crippen molar-refractivity contribution in [2.24, 2.45) is 5.73 Å². The lowest BCUT2D eigenvalue weighted by atomic mass is 10.0. The van der Waals surface area contributed by atoms with Crippen LogP contribution in [0.1, 0.15) is 24.0 Å². The second kappa shape index (κ2) is 3.91. The van der Waals surface area contributed by atoms with Crippen LogP contribution in [0, 0.1) is 0 Å². The monoisotopic (exact) mass is 245 g/mol. The van der Waals surface area contributed by atoms with Gasteiger partial charge in [0, 0.05) is 5.54 Å². The fourth-order valence-corrected chi connectivity index (χ4v) is 1.82. The summed E-state index contributed by atoms with van der Waals surface area (Å²) >= 11 is 0. The molecule has 1 aromatic rings. The minimum Gasteiger partial charge on any atom is -0.496 e. The van der Waals surface area contributed by atoms with Crippen LogP contribution in [0.15, 0.2) is 18.2 Å². The smallest absolute Gasteiger partial charge is 0.419 e. The van der Waals surface area contributed by atoms with Gasteiger partial charge in [0.25, 0.3) is 0 Å². The first-order valence-electron chi connectivity index (χ1n) is 5.37. The summed E-state index contributed by atoms with van der Waals surface area (Å²) in [5, 5.41) is 0. The quantitative estimate of drug-likeness (QED) is 0.888. The third-order valence-electron chi connectivity index (χ3n) is 3.02. The van der Waals surface area contributed by atoms with E-state index in [-0.39, 0.29) is 11.3 Å². The van der Waals surface area contributed by atoms with Gasteiger partial charge in [0.05, 0.1) is 12.7 Å². The van der Waals surface area contributed by atoms with Crippen molar-refractivity contribution in [3.8, 4) is 5.75 Å². The van der Waals surface area contributed by atoms with Crippen molar-refractivity contribution in [3.63, 3.8) is 0 Å². The number of alkyl halides is 3. The van der Waals surface area contributed by atoms with E-state index in [9.17, 15) is 13.2 Å². The molecule has 0 unspecified atom stereocenters. The van der Waals surface area contributed by atoms with Gasteiger partial charge in [-0.25, -0.2) is 0 Å². The summed E-state index contributed by atoms with van der Waals surface area (Å²) in [4.78, 5) is 0. The Morgan fingerprint density at radius 3 is 2.47 bits per heavy atom. The summed E-state index contributed by atoms with van der Waals surface area (Å²) in [5.41, 5.74) is 5.76. The third kappa shape index (κ3) is 2.72. The molecule has 2 rings (SSSR count). The molecule has 0 aliphatic heterocycles. The highest BCUT2D eigenvalue weighted by atomic mass is 19.4. The summed E-state index contributed by atoms with van der Waals surface area (Å²) < 4.78 is 42.6. The van der Waals surface area contributed by atoms with Crippen LogP contribution in [0.25, 0.3) is 0 Å². The zero-order valence-electron chi connectivity index (χ0n) is 9.47. The molecule has 0 aromatic heterocycles. The Hall–Kier alpha value is -1.23. The minimum absolute atomic E-state index is 0.140. The number of nitrogens with two attached hydrogens (primary N) is 1. The maximum absolute atomic E-state index is 12.6. The van der Waals surface area contributed by atoms with Crippen LogP contribution < -0.4 is 10.5 Å². The highest BCUT2D eigenvalue weighted by molar-refractivity contribution is 5.40. The van der Waals surface area contributed by atoms with E-state index in [0.717, 1.165) is 24.5 Å². The van der Waals surface area contributed by atoms with E-state index in [1.807, 2.05) is 0 Å². The molecule has 1 aromatic carbocycles. The number of rotatable bonds is 3. The number of hydrogen-bond acceptors (Lipinski definition) is 2. The van der Waals surface area contributed by atoms with Gasteiger partial charge in [0.2, 0.25) is 0 Å². The lowest BCUT2D eigenvalue weighted by molar-refractivity contribution is -0.138. The molecule has 0 saturated heterocycles. The van der Waals surface area contributed by atoms with E-state index in [4.69, 9.17) is 10.5 Å². The van der Waals surface area contributed by atoms with Crippen molar-refractivity contribution in [1.82, 2.24) is 0 Å². The molecule has 0 atom stereocenters. The largest absolute Gasteiger partial charge is 0.496 e. The van der Waals surface area contributed by atoms with Crippen LogP contribution in [0.3, 0.4) is 0 Å². The molecule has 17 heavy (non-hydrogen) atoms. The lowest BCUT2D eigenvalue weighted by Gasteiger charge is -2.14. The minimum atomic E-state index is -4.39. The predicted octanol–water partition coefficient (Wildman–Crippen LogP) is 2.75. The predicted molar refractivity (Wildman–Crippen MR) is 57.9 cm³/mol. The molecule has 0 spiro atoms. The van der Waals surface area contributed by atoms with Crippen molar-refractivity contribution in [2.45, 2.75) is 31.0 Å². The van der Waals surface area contributed by atoms with Crippen molar-refractivity contribution < 1.29 is 17.9 Å². The van der Waals surface area contributed by atoms with Crippen LogP contribution >= 0.6 is 0 Å². The average molecular weight is 245 g/mol. The zero-order valence-corrected chi connectivity index (χ0v) is 9.47. The fraction of sp³-hybridized carbons (Fsp3) is 0.500. The van der Waals surface area contributed by atoms with Crippen molar-refractivity contribution >= 4 is 0 Å². The molecule has 94 valence electrons. The van der Waals surface area contributed by atoms with Crippen molar-refractivity contribution in [1.29, 1.82) is 0 Å². The Labute approximate surface area is 97.6 Å². The molecular weight excluding hydrogens is 231 g/mol. The molecule has 1 aliphatic carbocycles. The average Bonchev–Trinajstić information content (AvgIpc) is 2.94. The molecule has 0 amide bonds. The van der Waals surface area contributed by atoms with E-state index in [1.54, 1.807) is 0 Å². The van der Waals surface area contributed by atoms with E-state index in [0.29, 0.717) is 6.42 Å². The molecule has 1 saturated carbocycles. The van der Waals surface area contributed by atoms with Gasteiger partial charge in [-0.15, -0.1) is 0 Å². The van der Waals surface area contributed by atoms with Crippen LogP contribution in [0.4, 0.5) is 13.2 Å². The molecule has 1 aliphatic rings. The lowest BCUT2D eigenvalue weighted by Crippen LogP contribution is -2.24. The third-order valence-corrected chi connectivity index (χ3v) is 3.02. The Bertz CT molecular complexity index is 424. The summed E-state index contributed by atoms with van der Waals surface area (Å²) in [6.07, 6.45) is -1.93. The van der Waals surface area contributed by atoms with Crippen LogP contribution in [-0.4, -0.2) is 12.6 Å². The summed E-state index contributed by atoms with van der Waals surface area (Å²) in [7, 11) is 1.24. The zero-order chi connectivity index (χ0) is 12.7. The second-order valence-electron chi connectivity index (χ2n) is 4.57. The van der Waals surface area contributed by atoms with E-state index < -0.39 is 11.7 Å².